The van der Waals surface area contributed by atoms with Crippen molar-refractivity contribution in [3.05, 3.63) is 35.9 Å². The number of carbonyl (C=O) groups is 1. The van der Waals surface area contributed by atoms with Crippen LogP contribution in [0.5, 0.6) is 0 Å². The lowest BCUT2D eigenvalue weighted by Gasteiger charge is -2.51. The van der Waals surface area contributed by atoms with Gasteiger partial charge < -0.3 is 14.4 Å². The first kappa shape index (κ1) is 17.7. The van der Waals surface area contributed by atoms with Crippen LogP contribution in [0.15, 0.2) is 30.3 Å². The van der Waals surface area contributed by atoms with Gasteiger partial charge in [-0.25, -0.2) is 0 Å². The molecule has 1 aromatic carbocycles. The minimum atomic E-state index is 0.00555. The van der Waals surface area contributed by atoms with Crippen LogP contribution < -0.4 is 0 Å². The SMILES string of the molecule is CN(Cc1ccccc1)C[C@@H]1C(=O)O[C@@H]2C[C@@]3(C)CCC[C@@]4(CO4)[C@@H]3C[C@H]12. The minimum absolute atomic E-state index is 0.00555. The van der Waals surface area contributed by atoms with Crippen LogP contribution in [-0.2, 0) is 20.8 Å². The molecule has 0 radical (unpaired) electrons. The largest absolute Gasteiger partial charge is 0.462 e. The van der Waals surface area contributed by atoms with Crippen molar-refractivity contribution in [1.29, 1.82) is 0 Å². The topological polar surface area (TPSA) is 42.1 Å². The Morgan fingerprint density at radius 2 is 2.00 bits per heavy atom. The monoisotopic (exact) mass is 369 g/mol. The van der Waals surface area contributed by atoms with Gasteiger partial charge in [-0.2, -0.15) is 0 Å². The van der Waals surface area contributed by atoms with Gasteiger partial charge in [-0.15, -0.1) is 0 Å². The molecule has 4 nitrogen and oxygen atoms in total. The zero-order valence-electron chi connectivity index (χ0n) is 16.5. The smallest absolute Gasteiger partial charge is 0.310 e. The molecule has 2 saturated carbocycles. The van der Waals surface area contributed by atoms with Gasteiger partial charge in [0.2, 0.25) is 0 Å². The molecule has 2 heterocycles. The maximum Gasteiger partial charge on any atom is 0.310 e. The van der Waals surface area contributed by atoms with Crippen molar-refractivity contribution in [3.63, 3.8) is 0 Å². The fraction of sp³-hybridized carbons (Fsp3) is 0.696. The van der Waals surface area contributed by atoms with Crippen LogP contribution in [0.3, 0.4) is 0 Å². The van der Waals surface area contributed by atoms with Gasteiger partial charge in [0.15, 0.2) is 0 Å². The molecule has 2 saturated heterocycles. The highest BCUT2D eigenvalue weighted by Gasteiger charge is 2.65. The summed E-state index contributed by atoms with van der Waals surface area (Å²) in [5, 5.41) is 0. The summed E-state index contributed by atoms with van der Waals surface area (Å²) < 4.78 is 11.9. The van der Waals surface area contributed by atoms with E-state index in [-0.39, 0.29) is 29.0 Å². The van der Waals surface area contributed by atoms with Gasteiger partial charge in [-0.3, -0.25) is 4.79 Å². The minimum Gasteiger partial charge on any atom is -0.462 e. The summed E-state index contributed by atoms with van der Waals surface area (Å²) in [5.41, 5.74) is 1.70. The highest BCUT2D eigenvalue weighted by atomic mass is 16.6. The summed E-state index contributed by atoms with van der Waals surface area (Å²) in [5.74, 6) is 0.980. The van der Waals surface area contributed by atoms with E-state index < -0.39 is 0 Å². The van der Waals surface area contributed by atoms with Gasteiger partial charge in [0.1, 0.15) is 6.10 Å². The van der Waals surface area contributed by atoms with Crippen molar-refractivity contribution in [1.82, 2.24) is 4.90 Å². The molecule has 146 valence electrons. The van der Waals surface area contributed by atoms with Crippen molar-refractivity contribution in [3.8, 4) is 0 Å². The molecule has 4 fully saturated rings. The highest BCUT2D eigenvalue weighted by molar-refractivity contribution is 5.75. The summed E-state index contributed by atoms with van der Waals surface area (Å²) in [6.45, 7) is 5.00. The molecule has 2 aliphatic carbocycles. The molecule has 0 aromatic heterocycles. The Balaban J connectivity index is 1.31. The number of rotatable bonds is 4. The van der Waals surface area contributed by atoms with Gasteiger partial charge in [0.25, 0.3) is 0 Å². The van der Waals surface area contributed by atoms with Crippen LogP contribution in [0.1, 0.15) is 44.6 Å². The van der Waals surface area contributed by atoms with Crippen LogP contribution in [-0.4, -0.2) is 42.8 Å². The van der Waals surface area contributed by atoms with E-state index in [1.807, 2.05) is 6.07 Å². The molecule has 0 amide bonds. The van der Waals surface area contributed by atoms with Gasteiger partial charge in [-0.1, -0.05) is 37.3 Å². The number of benzene rings is 1. The predicted octanol–water partition coefficient (Wildman–Crippen LogP) is 3.65. The lowest BCUT2D eigenvalue weighted by atomic mass is 9.53. The van der Waals surface area contributed by atoms with Gasteiger partial charge in [0, 0.05) is 19.0 Å². The van der Waals surface area contributed by atoms with Crippen LogP contribution in [0.2, 0.25) is 0 Å². The first-order chi connectivity index (χ1) is 13.0. The molecule has 1 spiro atoms. The third kappa shape index (κ3) is 3.01. The number of fused-ring (bicyclic) bond motifs is 3. The highest BCUT2D eigenvalue weighted by Crippen LogP contribution is 2.62. The second kappa shape index (κ2) is 6.31. The zero-order valence-corrected chi connectivity index (χ0v) is 16.5. The Hall–Kier alpha value is -1.39. The second-order valence-corrected chi connectivity index (χ2v) is 9.78. The van der Waals surface area contributed by atoms with Crippen molar-refractivity contribution in [2.75, 3.05) is 20.2 Å². The van der Waals surface area contributed by atoms with Crippen LogP contribution in [0.25, 0.3) is 0 Å². The first-order valence-corrected chi connectivity index (χ1v) is 10.6. The summed E-state index contributed by atoms with van der Waals surface area (Å²) in [6.07, 6.45) is 5.94. The lowest BCUT2D eigenvalue weighted by molar-refractivity contribution is -0.147. The molecule has 6 atom stereocenters. The van der Waals surface area contributed by atoms with E-state index in [1.54, 1.807) is 0 Å². The van der Waals surface area contributed by atoms with Crippen molar-refractivity contribution in [2.24, 2.45) is 23.2 Å². The summed E-state index contributed by atoms with van der Waals surface area (Å²) in [4.78, 5) is 15.0. The zero-order chi connectivity index (χ0) is 18.6. The third-order valence-electron chi connectivity index (χ3n) is 7.88. The molecular weight excluding hydrogens is 338 g/mol. The molecule has 0 N–H and O–H groups in total. The van der Waals surface area contributed by atoms with E-state index in [0.717, 1.165) is 32.5 Å². The lowest BCUT2D eigenvalue weighted by Crippen LogP contribution is -2.51. The Morgan fingerprint density at radius 1 is 1.22 bits per heavy atom. The first-order valence-electron chi connectivity index (χ1n) is 10.6. The number of epoxide rings is 1. The molecule has 4 heteroatoms. The Kier molecular flexibility index (Phi) is 4.14. The van der Waals surface area contributed by atoms with Gasteiger partial charge in [-0.05, 0) is 56.0 Å². The molecular formula is C23H31NO3. The van der Waals surface area contributed by atoms with Crippen LogP contribution >= 0.6 is 0 Å². The molecule has 4 aliphatic rings. The fourth-order valence-electron chi connectivity index (χ4n) is 6.46. The molecule has 2 aliphatic heterocycles. The summed E-state index contributed by atoms with van der Waals surface area (Å²) in [6, 6.07) is 10.5. The standard InChI is InChI=1S/C23H31NO3/c1-22-9-6-10-23(15-26-23)20(22)11-17-18(21(25)27-19(17)12-22)14-24(2)13-16-7-4-3-5-8-16/h3-5,7-8,17-20H,6,9-15H2,1-2H3/t17-,18+,19-,20-,22-,23-/m1/s1. The Bertz CT molecular complexity index is 716. The fourth-order valence-corrected chi connectivity index (χ4v) is 6.46. The Labute approximate surface area is 162 Å². The number of carbonyl (C=O) groups excluding carboxylic acids is 1. The van der Waals surface area contributed by atoms with Gasteiger partial charge >= 0.3 is 5.97 Å². The van der Waals surface area contributed by atoms with Crippen molar-refractivity contribution < 1.29 is 14.3 Å². The average Bonchev–Trinajstić information content (AvgIpc) is 3.34. The van der Waals surface area contributed by atoms with Crippen LogP contribution in [0, 0.1) is 23.2 Å². The maximum absolute atomic E-state index is 12.7. The van der Waals surface area contributed by atoms with Gasteiger partial charge in [0.05, 0.1) is 18.1 Å². The number of ether oxygens (including phenoxy) is 2. The molecule has 5 rings (SSSR count). The maximum atomic E-state index is 12.7. The predicted molar refractivity (Wildman–Crippen MR) is 103 cm³/mol. The molecule has 0 bridgehead atoms. The normalized spacial score (nSPS) is 42.7. The second-order valence-electron chi connectivity index (χ2n) is 9.78. The van der Waals surface area contributed by atoms with E-state index in [1.165, 1.54) is 24.8 Å². The molecule has 0 unspecified atom stereocenters. The van der Waals surface area contributed by atoms with E-state index in [2.05, 4.69) is 43.1 Å². The number of hydrogen-bond donors (Lipinski definition) is 0. The molecule has 1 aromatic rings. The van der Waals surface area contributed by atoms with E-state index in [4.69, 9.17) is 9.47 Å². The number of hydrogen-bond acceptors (Lipinski definition) is 4. The van der Waals surface area contributed by atoms with Crippen molar-refractivity contribution >= 4 is 5.97 Å². The van der Waals surface area contributed by atoms with E-state index in [9.17, 15) is 4.79 Å². The number of nitrogens with zero attached hydrogens (tertiary/aromatic N) is 1. The summed E-state index contributed by atoms with van der Waals surface area (Å²) in [7, 11) is 2.12. The number of esters is 1. The van der Waals surface area contributed by atoms with Crippen LogP contribution in [0.4, 0.5) is 0 Å². The van der Waals surface area contributed by atoms with E-state index >= 15 is 0 Å². The third-order valence-corrected chi connectivity index (χ3v) is 7.88. The quantitative estimate of drug-likeness (QED) is 0.600. The van der Waals surface area contributed by atoms with Crippen molar-refractivity contribution in [2.45, 2.75) is 57.3 Å². The van der Waals surface area contributed by atoms with E-state index in [0.29, 0.717) is 11.8 Å². The summed E-state index contributed by atoms with van der Waals surface area (Å²) >= 11 is 0. The molecule has 27 heavy (non-hydrogen) atoms. The average molecular weight is 370 g/mol. The Morgan fingerprint density at radius 3 is 2.74 bits per heavy atom.